The summed E-state index contributed by atoms with van der Waals surface area (Å²) in [5, 5.41) is 25.8. The average Bonchev–Trinajstić information content (AvgIpc) is 3.02. The van der Waals surface area contributed by atoms with E-state index in [-0.39, 0.29) is 37.4 Å². The van der Waals surface area contributed by atoms with Crippen LogP contribution in [0.1, 0.15) is 13.8 Å². The van der Waals surface area contributed by atoms with Gasteiger partial charge in [-0.1, -0.05) is 18.2 Å². The molecular weight excluding hydrogens is 360 g/mol. The van der Waals surface area contributed by atoms with Crippen molar-refractivity contribution >= 4 is 11.7 Å². The molecule has 0 unspecified atom stereocenters. The van der Waals surface area contributed by atoms with Crippen molar-refractivity contribution in [2.45, 2.75) is 44.2 Å². The van der Waals surface area contributed by atoms with Crippen LogP contribution in [0.25, 0.3) is 0 Å². The van der Waals surface area contributed by atoms with Crippen molar-refractivity contribution in [3.05, 3.63) is 30.3 Å². The molecule has 28 heavy (non-hydrogen) atoms. The molecule has 8 nitrogen and oxygen atoms in total. The van der Waals surface area contributed by atoms with Crippen LogP contribution in [0.4, 0.5) is 10.5 Å². The van der Waals surface area contributed by atoms with E-state index in [2.05, 4.69) is 32.6 Å². The molecule has 8 heteroatoms. The second-order valence-corrected chi connectivity index (χ2v) is 7.74. The Morgan fingerprint density at radius 2 is 1.86 bits per heavy atom. The number of piperazine rings is 1. The van der Waals surface area contributed by atoms with E-state index < -0.39 is 12.2 Å². The van der Waals surface area contributed by atoms with Crippen molar-refractivity contribution in [1.82, 2.24) is 15.5 Å². The third kappa shape index (κ3) is 4.94. The highest BCUT2D eigenvalue weighted by Gasteiger charge is 2.46. The van der Waals surface area contributed by atoms with Crippen LogP contribution in [0.3, 0.4) is 0 Å². The summed E-state index contributed by atoms with van der Waals surface area (Å²) >= 11 is 0. The lowest BCUT2D eigenvalue weighted by atomic mass is 10.0. The molecule has 2 saturated heterocycles. The largest absolute Gasteiger partial charge is 0.394 e. The monoisotopic (exact) mass is 392 g/mol. The number of aliphatic hydroxyl groups is 2. The van der Waals surface area contributed by atoms with E-state index in [4.69, 9.17) is 4.74 Å². The zero-order valence-corrected chi connectivity index (χ0v) is 16.6. The van der Waals surface area contributed by atoms with E-state index in [1.54, 1.807) is 0 Å². The number of hydrogen-bond donors (Lipinski definition) is 4. The minimum atomic E-state index is -0.784. The molecule has 4 atom stereocenters. The molecule has 0 saturated carbocycles. The van der Waals surface area contributed by atoms with Crippen molar-refractivity contribution in [2.24, 2.45) is 0 Å². The van der Waals surface area contributed by atoms with Gasteiger partial charge in [-0.2, -0.15) is 0 Å². The molecule has 0 radical (unpaired) electrons. The fourth-order valence-electron chi connectivity index (χ4n) is 4.02. The summed E-state index contributed by atoms with van der Waals surface area (Å²) in [7, 11) is 0. The van der Waals surface area contributed by atoms with Gasteiger partial charge in [-0.25, -0.2) is 4.79 Å². The first-order chi connectivity index (χ1) is 13.5. The molecule has 4 N–H and O–H groups in total. The maximum absolute atomic E-state index is 11.9. The molecule has 2 heterocycles. The van der Waals surface area contributed by atoms with Crippen molar-refractivity contribution in [1.29, 1.82) is 0 Å². The lowest BCUT2D eigenvalue weighted by Gasteiger charge is -2.41. The van der Waals surface area contributed by atoms with Crippen LogP contribution in [-0.2, 0) is 4.74 Å². The number of anilines is 1. The van der Waals surface area contributed by atoms with Crippen molar-refractivity contribution in [3.63, 3.8) is 0 Å². The Bertz CT molecular complexity index is 622. The van der Waals surface area contributed by atoms with Gasteiger partial charge in [0.1, 0.15) is 12.2 Å². The molecule has 156 valence electrons. The van der Waals surface area contributed by atoms with Crippen LogP contribution < -0.4 is 15.5 Å². The predicted molar refractivity (Wildman–Crippen MR) is 107 cm³/mol. The quantitative estimate of drug-likeness (QED) is 0.544. The third-order valence-corrected chi connectivity index (χ3v) is 5.38. The highest BCUT2D eigenvalue weighted by molar-refractivity contribution is 5.74. The van der Waals surface area contributed by atoms with Crippen LogP contribution in [0.2, 0.25) is 0 Å². The lowest BCUT2D eigenvalue weighted by Crippen LogP contribution is -2.58. The number of carbonyl (C=O) groups is 1. The van der Waals surface area contributed by atoms with Gasteiger partial charge in [0, 0.05) is 44.5 Å². The van der Waals surface area contributed by atoms with Gasteiger partial charge in [-0.3, -0.25) is 4.90 Å². The number of carbonyl (C=O) groups excluding carboxylic acids is 1. The van der Waals surface area contributed by atoms with Gasteiger partial charge in [-0.05, 0) is 26.0 Å². The van der Waals surface area contributed by atoms with E-state index in [0.717, 1.165) is 26.2 Å². The number of aliphatic hydroxyl groups excluding tert-OH is 2. The standard InChI is InChI=1S/C20H32N4O4/c1-14(2)22-20(27)21-12-16-18(19(26)17(13-25)28-16)24-10-8-23(9-11-24)15-6-4-3-5-7-15/h3-7,14,16-19,25-26H,8-13H2,1-2H3,(H2,21,22,27)/t16-,17+,18+,19-/m1/s1. The number of urea groups is 1. The van der Waals surface area contributed by atoms with Crippen molar-refractivity contribution in [3.8, 4) is 0 Å². The number of nitrogens with one attached hydrogen (secondary N) is 2. The first kappa shape index (κ1) is 20.9. The van der Waals surface area contributed by atoms with Crippen molar-refractivity contribution in [2.75, 3.05) is 44.2 Å². The number of ether oxygens (including phenoxy) is 1. The van der Waals surface area contributed by atoms with Gasteiger partial charge >= 0.3 is 6.03 Å². The normalized spacial score (nSPS) is 28.5. The highest BCUT2D eigenvalue weighted by Crippen LogP contribution is 2.27. The Balaban J connectivity index is 1.60. The Kier molecular flexibility index (Phi) is 7.12. The maximum Gasteiger partial charge on any atom is 0.315 e. The molecule has 1 aromatic carbocycles. The fraction of sp³-hybridized carbons (Fsp3) is 0.650. The smallest absolute Gasteiger partial charge is 0.315 e. The van der Waals surface area contributed by atoms with Crippen LogP contribution in [0, 0.1) is 0 Å². The Hall–Kier alpha value is -1.87. The number of hydrogen-bond acceptors (Lipinski definition) is 6. The molecule has 0 aromatic heterocycles. The molecule has 0 aliphatic carbocycles. The molecule has 2 aliphatic rings. The van der Waals surface area contributed by atoms with E-state index in [0.29, 0.717) is 0 Å². The van der Waals surface area contributed by atoms with Gasteiger partial charge in [0.05, 0.1) is 18.8 Å². The van der Waals surface area contributed by atoms with Crippen LogP contribution >= 0.6 is 0 Å². The first-order valence-electron chi connectivity index (χ1n) is 10.0. The summed E-state index contributed by atoms with van der Waals surface area (Å²) in [6, 6.07) is 9.81. The molecule has 0 spiro atoms. The minimum Gasteiger partial charge on any atom is -0.394 e. The number of para-hydroxylation sites is 1. The zero-order valence-electron chi connectivity index (χ0n) is 16.6. The van der Waals surface area contributed by atoms with Crippen molar-refractivity contribution < 1.29 is 19.7 Å². The number of benzene rings is 1. The zero-order chi connectivity index (χ0) is 20.1. The summed E-state index contributed by atoms with van der Waals surface area (Å²) < 4.78 is 5.86. The van der Waals surface area contributed by atoms with Gasteiger partial charge < -0.3 is 30.5 Å². The molecule has 2 aliphatic heterocycles. The van der Waals surface area contributed by atoms with Crippen LogP contribution in [-0.4, -0.2) is 90.9 Å². The summed E-state index contributed by atoms with van der Waals surface area (Å²) in [4.78, 5) is 16.5. The topological polar surface area (TPSA) is 97.3 Å². The Labute approximate surface area is 166 Å². The summed E-state index contributed by atoms with van der Waals surface area (Å²) in [5.41, 5.74) is 1.20. The molecule has 0 bridgehead atoms. The Morgan fingerprint density at radius 3 is 2.46 bits per heavy atom. The van der Waals surface area contributed by atoms with E-state index in [1.165, 1.54) is 5.69 Å². The molecule has 3 rings (SSSR count). The van der Waals surface area contributed by atoms with Crippen LogP contribution in [0.5, 0.6) is 0 Å². The minimum absolute atomic E-state index is 0.0436. The molecule has 2 fully saturated rings. The first-order valence-corrected chi connectivity index (χ1v) is 10.0. The summed E-state index contributed by atoms with van der Waals surface area (Å²) in [6.07, 6.45) is -1.78. The predicted octanol–water partition coefficient (Wildman–Crippen LogP) is 0.00540. The van der Waals surface area contributed by atoms with E-state index >= 15 is 0 Å². The summed E-state index contributed by atoms with van der Waals surface area (Å²) in [6.45, 7) is 7.11. The van der Waals surface area contributed by atoms with Gasteiger partial charge in [-0.15, -0.1) is 0 Å². The lowest BCUT2D eigenvalue weighted by molar-refractivity contribution is -0.0206. The maximum atomic E-state index is 11.9. The number of amides is 2. The summed E-state index contributed by atoms with van der Waals surface area (Å²) in [5.74, 6) is 0. The number of rotatable bonds is 6. The van der Waals surface area contributed by atoms with Crippen LogP contribution in [0.15, 0.2) is 30.3 Å². The highest BCUT2D eigenvalue weighted by atomic mass is 16.5. The van der Waals surface area contributed by atoms with E-state index in [1.807, 2.05) is 32.0 Å². The second kappa shape index (κ2) is 9.56. The van der Waals surface area contributed by atoms with Gasteiger partial charge in [0.25, 0.3) is 0 Å². The average molecular weight is 393 g/mol. The molecular formula is C20H32N4O4. The second-order valence-electron chi connectivity index (χ2n) is 7.74. The van der Waals surface area contributed by atoms with Gasteiger partial charge in [0.15, 0.2) is 0 Å². The molecule has 2 amide bonds. The van der Waals surface area contributed by atoms with E-state index in [9.17, 15) is 15.0 Å². The van der Waals surface area contributed by atoms with Gasteiger partial charge in [0.2, 0.25) is 0 Å². The molecule has 1 aromatic rings. The Morgan fingerprint density at radius 1 is 1.18 bits per heavy atom. The fourth-order valence-corrected chi connectivity index (χ4v) is 4.02. The SMILES string of the molecule is CC(C)NC(=O)NC[C@H]1O[C@@H](CO)[C@@H](O)[C@H]1N1CCN(c2ccccc2)CC1. The number of nitrogens with zero attached hydrogens (tertiary/aromatic N) is 2. The third-order valence-electron chi connectivity index (χ3n) is 5.38.